The molecule has 1 aromatic carbocycles. The van der Waals surface area contributed by atoms with Crippen LogP contribution in [-0.4, -0.2) is 32.6 Å². The molecular weight excluding hydrogens is 390 g/mol. The zero-order valence-electron chi connectivity index (χ0n) is 17.6. The summed E-state index contributed by atoms with van der Waals surface area (Å²) in [5.74, 6) is -0.498. The van der Waals surface area contributed by atoms with Crippen molar-refractivity contribution in [3.8, 4) is 0 Å². The van der Waals surface area contributed by atoms with E-state index in [-0.39, 0.29) is 17.9 Å². The summed E-state index contributed by atoms with van der Waals surface area (Å²) < 4.78 is 1.62. The molecule has 1 aliphatic rings. The molecule has 0 aliphatic heterocycles. The minimum absolute atomic E-state index is 0.120. The average Bonchev–Trinajstić information content (AvgIpc) is 3.24. The number of nitrogens with zero attached hydrogens (tertiary/aromatic N) is 4. The summed E-state index contributed by atoms with van der Waals surface area (Å²) in [5.41, 5.74) is 1.56. The molecule has 1 fully saturated rings. The smallest absolute Gasteiger partial charge is 0.259 e. The highest BCUT2D eigenvalue weighted by Crippen LogP contribution is 2.29. The molecule has 3 aromatic rings. The van der Waals surface area contributed by atoms with Gasteiger partial charge >= 0.3 is 0 Å². The first-order valence-electron chi connectivity index (χ1n) is 10.7. The third-order valence-electron chi connectivity index (χ3n) is 5.63. The van der Waals surface area contributed by atoms with E-state index in [9.17, 15) is 9.59 Å². The number of pyridine rings is 1. The summed E-state index contributed by atoms with van der Waals surface area (Å²) >= 11 is 0. The van der Waals surface area contributed by atoms with Gasteiger partial charge in [-0.3, -0.25) is 24.2 Å². The van der Waals surface area contributed by atoms with Gasteiger partial charge in [0.2, 0.25) is 5.91 Å². The molecule has 1 aliphatic carbocycles. The maximum Gasteiger partial charge on any atom is 0.259 e. The lowest BCUT2D eigenvalue weighted by Gasteiger charge is -2.32. The highest BCUT2D eigenvalue weighted by atomic mass is 16.2. The Kier molecular flexibility index (Phi) is 6.40. The van der Waals surface area contributed by atoms with Crippen molar-refractivity contribution >= 4 is 17.5 Å². The predicted molar refractivity (Wildman–Crippen MR) is 118 cm³/mol. The van der Waals surface area contributed by atoms with E-state index in [0.717, 1.165) is 25.7 Å². The molecular formula is C24H27N5O2. The van der Waals surface area contributed by atoms with Gasteiger partial charge in [-0.05, 0) is 37.1 Å². The Balaban J connectivity index is 1.75. The van der Waals surface area contributed by atoms with Crippen molar-refractivity contribution in [2.24, 2.45) is 7.05 Å². The molecule has 7 heteroatoms. The van der Waals surface area contributed by atoms with Gasteiger partial charge < -0.3 is 5.32 Å². The number of carbonyl (C=O) groups is 2. The van der Waals surface area contributed by atoms with E-state index in [1.807, 2.05) is 24.3 Å². The molecule has 7 nitrogen and oxygen atoms in total. The molecule has 1 unspecified atom stereocenters. The van der Waals surface area contributed by atoms with Crippen LogP contribution < -0.4 is 10.2 Å². The van der Waals surface area contributed by atoms with Crippen LogP contribution in [0.25, 0.3) is 0 Å². The van der Waals surface area contributed by atoms with Crippen LogP contribution in [0.3, 0.4) is 0 Å². The quantitative estimate of drug-likeness (QED) is 0.664. The van der Waals surface area contributed by atoms with Gasteiger partial charge in [-0.25, -0.2) is 0 Å². The number of benzene rings is 1. The highest BCUT2D eigenvalue weighted by molar-refractivity contribution is 6.09. The van der Waals surface area contributed by atoms with Gasteiger partial charge in [0.05, 0.1) is 17.6 Å². The predicted octanol–water partition coefficient (Wildman–Crippen LogP) is 3.65. The first-order chi connectivity index (χ1) is 15.1. The Bertz CT molecular complexity index is 1010. The largest absolute Gasteiger partial charge is 0.351 e. The zero-order valence-corrected chi connectivity index (χ0v) is 17.6. The number of nitrogens with one attached hydrogen (secondary N) is 1. The maximum atomic E-state index is 13.6. The highest BCUT2D eigenvalue weighted by Gasteiger charge is 2.36. The Morgan fingerprint density at radius 2 is 1.81 bits per heavy atom. The van der Waals surface area contributed by atoms with Gasteiger partial charge in [0, 0.05) is 31.0 Å². The van der Waals surface area contributed by atoms with Crippen LogP contribution in [-0.2, 0) is 11.8 Å². The Morgan fingerprint density at radius 3 is 2.45 bits per heavy atom. The fourth-order valence-electron chi connectivity index (χ4n) is 4.08. The number of hydrogen-bond acceptors (Lipinski definition) is 4. The fraction of sp³-hybridized carbons (Fsp3) is 0.333. The van der Waals surface area contributed by atoms with Crippen molar-refractivity contribution in [3.05, 3.63) is 78.4 Å². The van der Waals surface area contributed by atoms with Gasteiger partial charge in [-0.15, -0.1) is 0 Å². The number of hydrogen-bond donors (Lipinski definition) is 1. The average molecular weight is 418 g/mol. The summed E-state index contributed by atoms with van der Waals surface area (Å²) in [4.78, 5) is 33.2. The van der Waals surface area contributed by atoms with Crippen LogP contribution in [0.15, 0.2) is 67.1 Å². The van der Waals surface area contributed by atoms with Crippen molar-refractivity contribution in [3.63, 3.8) is 0 Å². The lowest BCUT2D eigenvalue weighted by atomic mass is 9.95. The van der Waals surface area contributed by atoms with Gasteiger partial charge in [-0.2, -0.15) is 5.10 Å². The standard InChI is InChI=1S/C24H27N5O2/c1-28-17-20(16-26-28)29(24(31)18-10-4-2-5-11-18)22(21-14-8-9-15-25-21)23(30)27-19-12-6-3-7-13-19/h2,4-5,8-11,14-17,19,22H,3,6-7,12-13H2,1H3,(H,27,30). The number of aryl methyl sites for hydroxylation is 1. The molecule has 0 bridgehead atoms. The molecule has 0 radical (unpaired) electrons. The van der Waals surface area contributed by atoms with E-state index in [1.165, 1.54) is 11.3 Å². The third kappa shape index (κ3) is 4.82. The normalized spacial score (nSPS) is 15.3. The number of amides is 2. The summed E-state index contributed by atoms with van der Waals surface area (Å²) in [6, 6.07) is 13.6. The summed E-state index contributed by atoms with van der Waals surface area (Å²) in [5, 5.41) is 7.42. The molecule has 1 atom stereocenters. The number of carbonyl (C=O) groups excluding carboxylic acids is 2. The van der Waals surface area contributed by atoms with Crippen molar-refractivity contribution in [2.75, 3.05) is 4.90 Å². The second-order valence-electron chi connectivity index (χ2n) is 7.91. The van der Waals surface area contributed by atoms with Gasteiger partial charge in [0.15, 0.2) is 6.04 Å². The third-order valence-corrected chi connectivity index (χ3v) is 5.63. The second-order valence-corrected chi connectivity index (χ2v) is 7.91. The molecule has 2 aromatic heterocycles. The van der Waals surface area contributed by atoms with E-state index in [1.54, 1.807) is 54.6 Å². The second kappa shape index (κ2) is 9.55. The van der Waals surface area contributed by atoms with Crippen LogP contribution in [0.4, 0.5) is 5.69 Å². The molecule has 31 heavy (non-hydrogen) atoms. The lowest BCUT2D eigenvalue weighted by Crippen LogP contribution is -2.47. The lowest BCUT2D eigenvalue weighted by molar-refractivity contribution is -0.123. The van der Waals surface area contributed by atoms with Crippen LogP contribution in [0, 0.1) is 0 Å². The SMILES string of the molecule is Cn1cc(N(C(=O)c2ccccc2)C(C(=O)NC2CCCCC2)c2ccccn2)cn1. The Morgan fingerprint density at radius 1 is 1.06 bits per heavy atom. The van der Waals surface area contributed by atoms with Gasteiger partial charge in [0.1, 0.15) is 0 Å². The zero-order chi connectivity index (χ0) is 21.6. The molecule has 1 saturated carbocycles. The van der Waals surface area contributed by atoms with E-state index < -0.39 is 6.04 Å². The molecule has 1 N–H and O–H groups in total. The molecule has 4 rings (SSSR count). The molecule has 0 spiro atoms. The maximum absolute atomic E-state index is 13.6. The first kappa shape index (κ1) is 20.8. The van der Waals surface area contributed by atoms with E-state index in [0.29, 0.717) is 16.9 Å². The molecule has 160 valence electrons. The van der Waals surface area contributed by atoms with Crippen molar-refractivity contribution in [1.82, 2.24) is 20.1 Å². The number of aromatic nitrogens is 3. The summed E-state index contributed by atoms with van der Waals surface area (Å²) in [6.45, 7) is 0. The van der Waals surface area contributed by atoms with Crippen LogP contribution in [0.1, 0.15) is 54.2 Å². The van der Waals surface area contributed by atoms with Crippen LogP contribution >= 0.6 is 0 Å². The van der Waals surface area contributed by atoms with Crippen molar-refractivity contribution < 1.29 is 9.59 Å². The van der Waals surface area contributed by atoms with Crippen molar-refractivity contribution in [1.29, 1.82) is 0 Å². The topological polar surface area (TPSA) is 80.1 Å². The molecule has 2 amide bonds. The van der Waals surface area contributed by atoms with Gasteiger partial charge in [-0.1, -0.05) is 43.5 Å². The first-order valence-corrected chi connectivity index (χ1v) is 10.7. The van der Waals surface area contributed by atoms with E-state index in [4.69, 9.17) is 0 Å². The monoisotopic (exact) mass is 417 g/mol. The fourth-order valence-corrected chi connectivity index (χ4v) is 4.08. The van der Waals surface area contributed by atoms with Gasteiger partial charge in [0.25, 0.3) is 5.91 Å². The minimum Gasteiger partial charge on any atom is -0.351 e. The minimum atomic E-state index is -0.903. The Hall–Kier alpha value is -3.48. The van der Waals surface area contributed by atoms with E-state index in [2.05, 4.69) is 15.4 Å². The summed E-state index contributed by atoms with van der Waals surface area (Å²) in [6.07, 6.45) is 10.3. The van der Waals surface area contributed by atoms with Crippen LogP contribution in [0.5, 0.6) is 0 Å². The number of anilines is 1. The van der Waals surface area contributed by atoms with Crippen LogP contribution in [0.2, 0.25) is 0 Å². The Labute approximate surface area is 182 Å². The summed E-state index contributed by atoms with van der Waals surface area (Å²) in [7, 11) is 1.78. The molecule has 2 heterocycles. The molecule has 0 saturated heterocycles. The van der Waals surface area contributed by atoms with E-state index >= 15 is 0 Å². The number of rotatable bonds is 6. The van der Waals surface area contributed by atoms with Crippen molar-refractivity contribution in [2.45, 2.75) is 44.2 Å².